The van der Waals surface area contributed by atoms with E-state index in [-0.39, 0.29) is 11.3 Å². The van der Waals surface area contributed by atoms with Crippen molar-refractivity contribution in [3.05, 3.63) is 51.7 Å². The maximum atomic E-state index is 12.7. The lowest BCUT2D eigenvalue weighted by atomic mass is 9.75. The monoisotopic (exact) mass is 368 g/mol. The number of amides is 1. The summed E-state index contributed by atoms with van der Waals surface area (Å²) in [7, 11) is 0. The topological polar surface area (TPSA) is 32.3 Å². The Morgan fingerprint density at radius 3 is 2.96 bits per heavy atom. The van der Waals surface area contributed by atoms with Gasteiger partial charge in [-0.2, -0.15) is 0 Å². The summed E-state index contributed by atoms with van der Waals surface area (Å²) in [5, 5.41) is 5.32. The van der Waals surface area contributed by atoms with Crippen LogP contribution in [0.2, 0.25) is 0 Å². The number of hydrogen-bond acceptors (Lipinski definition) is 3. The Kier molecular flexibility index (Phi) is 5.14. The fraction of sp³-hybridized carbons (Fsp3) is 0.500. The van der Waals surface area contributed by atoms with E-state index in [0.29, 0.717) is 0 Å². The van der Waals surface area contributed by atoms with Gasteiger partial charge < -0.3 is 5.32 Å². The molecule has 2 aromatic rings. The molecule has 1 atom stereocenters. The van der Waals surface area contributed by atoms with Crippen molar-refractivity contribution in [3.63, 3.8) is 0 Å². The first kappa shape index (κ1) is 17.7. The molecule has 2 aliphatic heterocycles. The zero-order valence-corrected chi connectivity index (χ0v) is 16.4. The van der Waals surface area contributed by atoms with Crippen molar-refractivity contribution < 1.29 is 4.79 Å². The summed E-state index contributed by atoms with van der Waals surface area (Å²) < 4.78 is 0. The molecule has 0 spiro atoms. The van der Waals surface area contributed by atoms with E-state index in [9.17, 15) is 4.79 Å². The maximum absolute atomic E-state index is 12.7. The number of benzene rings is 1. The van der Waals surface area contributed by atoms with Gasteiger partial charge in [-0.15, -0.1) is 11.3 Å². The molecular formula is C22H28N2OS. The SMILES string of the molecule is CCC1(CCCCCN2CCc3sccc3C2)C(=O)Nc2ccccc21. The number of carbonyl (C=O) groups is 1. The third kappa shape index (κ3) is 3.21. The second-order valence-corrected chi connectivity index (χ2v) is 8.64. The van der Waals surface area contributed by atoms with Crippen molar-refractivity contribution in [1.29, 1.82) is 0 Å². The smallest absolute Gasteiger partial charge is 0.235 e. The number of unbranched alkanes of at least 4 members (excludes halogenated alkanes) is 2. The standard InChI is InChI=1S/C22H28N2OS/c1-2-22(18-8-4-5-9-19(18)23-21(22)25)12-6-3-7-13-24-14-10-20-17(16-24)11-15-26-20/h4-5,8-9,11,15H,2-3,6-7,10,12-14,16H2,1H3,(H,23,25). The first-order chi connectivity index (χ1) is 12.7. The lowest BCUT2D eigenvalue weighted by molar-refractivity contribution is -0.121. The van der Waals surface area contributed by atoms with Gasteiger partial charge >= 0.3 is 0 Å². The molecule has 1 amide bonds. The van der Waals surface area contributed by atoms with E-state index in [1.165, 1.54) is 43.5 Å². The highest BCUT2D eigenvalue weighted by Gasteiger charge is 2.44. The van der Waals surface area contributed by atoms with Crippen LogP contribution < -0.4 is 5.32 Å². The molecule has 1 aromatic heterocycles. The maximum Gasteiger partial charge on any atom is 0.235 e. The molecule has 0 aliphatic carbocycles. The number of hydrogen-bond donors (Lipinski definition) is 1. The van der Waals surface area contributed by atoms with Crippen molar-refractivity contribution in [3.8, 4) is 0 Å². The van der Waals surface area contributed by atoms with Crippen molar-refractivity contribution >= 4 is 22.9 Å². The van der Waals surface area contributed by atoms with Gasteiger partial charge in [0.15, 0.2) is 0 Å². The van der Waals surface area contributed by atoms with Crippen molar-refractivity contribution in [2.24, 2.45) is 0 Å². The van der Waals surface area contributed by atoms with Crippen LogP contribution in [-0.2, 0) is 23.2 Å². The van der Waals surface area contributed by atoms with Crippen LogP contribution in [0.25, 0.3) is 0 Å². The first-order valence-electron chi connectivity index (χ1n) is 9.91. The molecule has 3 heterocycles. The van der Waals surface area contributed by atoms with Crippen molar-refractivity contribution in [2.45, 2.75) is 57.4 Å². The third-order valence-corrected chi connectivity index (χ3v) is 7.22. The highest BCUT2D eigenvalue weighted by Crippen LogP contribution is 2.43. The molecular weight excluding hydrogens is 340 g/mol. The number of fused-ring (bicyclic) bond motifs is 2. The summed E-state index contributed by atoms with van der Waals surface area (Å²) in [4.78, 5) is 16.8. The molecule has 0 saturated heterocycles. The molecule has 4 rings (SSSR count). The van der Waals surface area contributed by atoms with E-state index in [4.69, 9.17) is 0 Å². The van der Waals surface area contributed by atoms with Gasteiger partial charge in [-0.25, -0.2) is 0 Å². The molecule has 0 fully saturated rings. The number of para-hydroxylation sites is 1. The minimum atomic E-state index is -0.312. The molecule has 1 N–H and O–H groups in total. The van der Waals surface area contributed by atoms with Gasteiger partial charge in [-0.3, -0.25) is 9.69 Å². The van der Waals surface area contributed by atoms with Crippen LogP contribution in [0.4, 0.5) is 5.69 Å². The number of nitrogens with zero attached hydrogens (tertiary/aromatic N) is 1. The van der Waals surface area contributed by atoms with Gasteiger partial charge in [-0.05, 0) is 60.9 Å². The van der Waals surface area contributed by atoms with Crippen molar-refractivity contribution in [2.75, 3.05) is 18.4 Å². The zero-order chi connectivity index (χ0) is 18.0. The number of thiophene rings is 1. The van der Waals surface area contributed by atoms with Gasteiger partial charge in [0, 0.05) is 23.7 Å². The van der Waals surface area contributed by atoms with E-state index in [0.717, 1.165) is 31.5 Å². The summed E-state index contributed by atoms with van der Waals surface area (Å²) >= 11 is 1.91. The fourth-order valence-corrected chi connectivity index (χ4v) is 5.48. The average Bonchev–Trinajstić information content (AvgIpc) is 3.23. The van der Waals surface area contributed by atoms with Crippen LogP contribution in [-0.4, -0.2) is 23.9 Å². The molecule has 2 aliphatic rings. The predicted octanol–water partition coefficient (Wildman–Crippen LogP) is 4.97. The number of rotatable bonds is 7. The minimum absolute atomic E-state index is 0.196. The van der Waals surface area contributed by atoms with Gasteiger partial charge in [0.2, 0.25) is 5.91 Å². The highest BCUT2D eigenvalue weighted by molar-refractivity contribution is 7.10. The van der Waals surface area contributed by atoms with Gasteiger partial charge in [0.1, 0.15) is 0 Å². The summed E-state index contributed by atoms with van der Waals surface area (Å²) in [5.74, 6) is 0.196. The van der Waals surface area contributed by atoms with Crippen LogP contribution in [0.3, 0.4) is 0 Å². The van der Waals surface area contributed by atoms with E-state index >= 15 is 0 Å². The molecule has 26 heavy (non-hydrogen) atoms. The second-order valence-electron chi connectivity index (χ2n) is 7.64. The summed E-state index contributed by atoms with van der Waals surface area (Å²) in [6, 6.07) is 10.5. The minimum Gasteiger partial charge on any atom is -0.325 e. The molecule has 138 valence electrons. The second kappa shape index (κ2) is 7.53. The van der Waals surface area contributed by atoms with Crippen LogP contribution >= 0.6 is 11.3 Å². The van der Waals surface area contributed by atoms with E-state index in [1.807, 2.05) is 23.5 Å². The lowest BCUT2D eigenvalue weighted by Crippen LogP contribution is -2.34. The Hall–Kier alpha value is -1.65. The fourth-order valence-electron chi connectivity index (χ4n) is 4.59. The predicted molar refractivity (Wildman–Crippen MR) is 109 cm³/mol. The molecule has 1 aromatic carbocycles. The quantitative estimate of drug-likeness (QED) is 0.700. The molecule has 0 saturated carbocycles. The Labute approximate surface area is 160 Å². The van der Waals surface area contributed by atoms with Crippen LogP contribution in [0.5, 0.6) is 0 Å². The van der Waals surface area contributed by atoms with Gasteiger partial charge in [-0.1, -0.05) is 38.0 Å². The molecule has 4 heteroatoms. The number of anilines is 1. The van der Waals surface area contributed by atoms with Crippen LogP contribution in [0, 0.1) is 0 Å². The summed E-state index contributed by atoms with van der Waals surface area (Å²) in [5.41, 5.74) is 3.44. The Morgan fingerprint density at radius 2 is 2.08 bits per heavy atom. The van der Waals surface area contributed by atoms with Gasteiger partial charge in [0.05, 0.1) is 5.41 Å². The summed E-state index contributed by atoms with van der Waals surface area (Å²) in [6.45, 7) is 5.64. The summed E-state index contributed by atoms with van der Waals surface area (Å²) in [6.07, 6.45) is 6.59. The normalized spacial score (nSPS) is 22.1. The molecule has 0 radical (unpaired) electrons. The molecule has 1 unspecified atom stereocenters. The Bertz CT molecular complexity index is 784. The number of nitrogens with one attached hydrogen (secondary N) is 1. The van der Waals surface area contributed by atoms with Gasteiger partial charge in [0.25, 0.3) is 0 Å². The number of carbonyl (C=O) groups excluding carboxylic acids is 1. The third-order valence-electron chi connectivity index (χ3n) is 6.19. The molecule has 0 bridgehead atoms. The van der Waals surface area contributed by atoms with Crippen LogP contribution in [0.15, 0.2) is 35.7 Å². The highest BCUT2D eigenvalue weighted by atomic mass is 32.1. The largest absolute Gasteiger partial charge is 0.325 e. The lowest BCUT2D eigenvalue weighted by Gasteiger charge is -2.28. The van der Waals surface area contributed by atoms with E-state index in [2.05, 4.69) is 40.7 Å². The van der Waals surface area contributed by atoms with E-state index < -0.39 is 0 Å². The first-order valence-corrected chi connectivity index (χ1v) is 10.8. The Morgan fingerprint density at radius 1 is 1.19 bits per heavy atom. The Balaban J connectivity index is 1.27. The van der Waals surface area contributed by atoms with Crippen molar-refractivity contribution in [1.82, 2.24) is 4.90 Å². The van der Waals surface area contributed by atoms with Crippen LogP contribution in [0.1, 0.15) is 55.0 Å². The zero-order valence-electron chi connectivity index (χ0n) is 15.6. The van der Waals surface area contributed by atoms with E-state index in [1.54, 1.807) is 4.88 Å². The average molecular weight is 369 g/mol. The molecule has 3 nitrogen and oxygen atoms in total.